The molecule has 1 N–H and O–H groups in total. The van der Waals surface area contributed by atoms with E-state index < -0.39 is 0 Å². The lowest BCUT2D eigenvalue weighted by Crippen LogP contribution is -2.13. The van der Waals surface area contributed by atoms with Gasteiger partial charge < -0.3 is 10.1 Å². The van der Waals surface area contributed by atoms with E-state index in [0.29, 0.717) is 11.5 Å². The molecule has 0 saturated heterocycles. The van der Waals surface area contributed by atoms with Crippen LogP contribution in [0.3, 0.4) is 0 Å². The van der Waals surface area contributed by atoms with Crippen LogP contribution in [0.25, 0.3) is 0 Å². The van der Waals surface area contributed by atoms with Gasteiger partial charge in [-0.1, -0.05) is 24.3 Å². The summed E-state index contributed by atoms with van der Waals surface area (Å²) >= 11 is 0. The zero-order valence-corrected chi connectivity index (χ0v) is 13.2. The molecule has 0 unspecified atom stereocenters. The van der Waals surface area contributed by atoms with E-state index in [-0.39, 0.29) is 5.82 Å². The average molecular weight is 320 g/mol. The molecule has 120 valence electrons. The molecule has 0 aliphatic heterocycles. The number of amidine groups is 1. The first-order valence-corrected chi connectivity index (χ1v) is 7.55. The number of para-hydroxylation sites is 1. The lowest BCUT2D eigenvalue weighted by atomic mass is 10.2. The molecule has 0 aliphatic rings. The molecule has 3 aromatic carbocycles. The van der Waals surface area contributed by atoms with Crippen molar-refractivity contribution in [1.82, 2.24) is 0 Å². The number of hydrogen-bond donors (Lipinski definition) is 1. The molecule has 0 aromatic heterocycles. The number of aliphatic imine (C=N–C) groups is 1. The molecule has 0 spiro atoms. The van der Waals surface area contributed by atoms with E-state index in [9.17, 15) is 4.39 Å². The molecule has 24 heavy (non-hydrogen) atoms. The fraction of sp³-hybridized carbons (Fsp3) is 0.0500. The van der Waals surface area contributed by atoms with Gasteiger partial charge >= 0.3 is 0 Å². The minimum Gasteiger partial charge on any atom is -0.497 e. The van der Waals surface area contributed by atoms with Crippen molar-refractivity contribution >= 4 is 17.2 Å². The van der Waals surface area contributed by atoms with Gasteiger partial charge in [-0.3, -0.25) is 0 Å². The van der Waals surface area contributed by atoms with Gasteiger partial charge in [-0.05, 0) is 54.6 Å². The van der Waals surface area contributed by atoms with E-state index in [0.717, 1.165) is 17.0 Å². The summed E-state index contributed by atoms with van der Waals surface area (Å²) in [6.45, 7) is 0. The van der Waals surface area contributed by atoms with Crippen molar-refractivity contribution in [3.05, 3.63) is 90.2 Å². The zero-order valence-electron chi connectivity index (χ0n) is 13.2. The maximum atomic E-state index is 13.4. The molecular formula is C20H17FN2O. The summed E-state index contributed by atoms with van der Waals surface area (Å²) in [6, 6.07) is 23.5. The summed E-state index contributed by atoms with van der Waals surface area (Å²) in [5.74, 6) is 1.10. The van der Waals surface area contributed by atoms with E-state index in [1.54, 1.807) is 19.2 Å². The van der Waals surface area contributed by atoms with Crippen LogP contribution < -0.4 is 10.1 Å². The molecule has 0 aliphatic carbocycles. The number of rotatable bonds is 4. The van der Waals surface area contributed by atoms with Crippen LogP contribution in [0, 0.1) is 5.82 Å². The van der Waals surface area contributed by atoms with Crippen LogP contribution in [0.1, 0.15) is 5.56 Å². The Morgan fingerprint density at radius 2 is 1.67 bits per heavy atom. The van der Waals surface area contributed by atoms with Gasteiger partial charge in [0.1, 0.15) is 17.4 Å². The average Bonchev–Trinajstić information content (AvgIpc) is 2.62. The molecule has 3 aromatic rings. The van der Waals surface area contributed by atoms with Crippen molar-refractivity contribution in [3.63, 3.8) is 0 Å². The Bertz CT molecular complexity index is 830. The first kappa shape index (κ1) is 15.7. The van der Waals surface area contributed by atoms with Gasteiger partial charge in [0.2, 0.25) is 0 Å². The number of ether oxygens (including phenoxy) is 1. The highest BCUT2D eigenvalue weighted by Crippen LogP contribution is 2.18. The van der Waals surface area contributed by atoms with E-state index in [1.165, 1.54) is 12.1 Å². The number of anilines is 1. The van der Waals surface area contributed by atoms with Crippen LogP contribution in [0.5, 0.6) is 5.75 Å². The smallest absolute Gasteiger partial charge is 0.138 e. The van der Waals surface area contributed by atoms with Gasteiger partial charge in [0, 0.05) is 11.3 Å². The molecule has 3 nitrogen and oxygen atoms in total. The molecule has 0 saturated carbocycles. The summed E-state index contributed by atoms with van der Waals surface area (Å²) in [7, 11) is 1.62. The minimum absolute atomic E-state index is 0.297. The van der Waals surface area contributed by atoms with Crippen LogP contribution >= 0.6 is 0 Å². The Morgan fingerprint density at radius 3 is 2.33 bits per heavy atom. The first-order valence-electron chi connectivity index (χ1n) is 7.55. The van der Waals surface area contributed by atoms with Crippen molar-refractivity contribution < 1.29 is 9.13 Å². The van der Waals surface area contributed by atoms with Crippen molar-refractivity contribution in [1.29, 1.82) is 0 Å². The lowest BCUT2D eigenvalue weighted by molar-refractivity contribution is 0.415. The third-order valence-electron chi connectivity index (χ3n) is 3.45. The third kappa shape index (κ3) is 3.98. The zero-order chi connectivity index (χ0) is 16.8. The Labute approximate surface area is 140 Å². The van der Waals surface area contributed by atoms with E-state index >= 15 is 0 Å². The molecular weight excluding hydrogens is 303 g/mol. The number of benzene rings is 3. The van der Waals surface area contributed by atoms with Crippen LogP contribution in [-0.4, -0.2) is 12.9 Å². The predicted molar refractivity (Wildman–Crippen MR) is 95.7 cm³/mol. The number of methoxy groups -OCH3 is 1. The van der Waals surface area contributed by atoms with Crippen molar-refractivity contribution in [3.8, 4) is 5.75 Å². The van der Waals surface area contributed by atoms with E-state index in [2.05, 4.69) is 10.3 Å². The number of nitrogens with zero attached hydrogens (tertiary/aromatic N) is 1. The predicted octanol–water partition coefficient (Wildman–Crippen LogP) is 5.02. The second-order valence-corrected chi connectivity index (χ2v) is 5.16. The third-order valence-corrected chi connectivity index (χ3v) is 3.45. The Hall–Kier alpha value is -3.14. The van der Waals surface area contributed by atoms with Crippen LogP contribution in [0.2, 0.25) is 0 Å². The summed E-state index contributed by atoms with van der Waals surface area (Å²) in [5.41, 5.74) is 2.33. The van der Waals surface area contributed by atoms with Crippen molar-refractivity contribution in [2.24, 2.45) is 4.99 Å². The van der Waals surface area contributed by atoms with Gasteiger partial charge in [-0.15, -0.1) is 0 Å². The lowest BCUT2D eigenvalue weighted by Gasteiger charge is -2.11. The van der Waals surface area contributed by atoms with Crippen LogP contribution in [-0.2, 0) is 0 Å². The normalized spacial score (nSPS) is 11.2. The quantitative estimate of drug-likeness (QED) is 0.540. The molecule has 0 radical (unpaired) electrons. The van der Waals surface area contributed by atoms with Gasteiger partial charge in [0.25, 0.3) is 0 Å². The second-order valence-electron chi connectivity index (χ2n) is 5.16. The van der Waals surface area contributed by atoms with Gasteiger partial charge in [-0.25, -0.2) is 9.38 Å². The summed E-state index contributed by atoms with van der Waals surface area (Å²) in [6.07, 6.45) is 0. The fourth-order valence-electron chi connectivity index (χ4n) is 2.25. The Kier molecular flexibility index (Phi) is 4.87. The highest BCUT2D eigenvalue weighted by molar-refractivity contribution is 6.09. The SMILES string of the molecule is COc1ccc(C(=Nc2ccccc2)Nc2cccc(F)c2)cc1. The number of halogens is 1. The van der Waals surface area contributed by atoms with Gasteiger partial charge in [0.15, 0.2) is 0 Å². The molecule has 4 heteroatoms. The summed E-state index contributed by atoms with van der Waals surface area (Å²) in [5, 5.41) is 3.19. The largest absolute Gasteiger partial charge is 0.497 e. The fourth-order valence-corrected chi connectivity index (χ4v) is 2.25. The first-order chi connectivity index (χ1) is 11.7. The number of hydrogen-bond acceptors (Lipinski definition) is 2. The Balaban J connectivity index is 1.98. The topological polar surface area (TPSA) is 33.6 Å². The molecule has 0 fully saturated rings. The standard InChI is InChI=1S/C20H17FN2O/c1-24-19-12-10-15(11-13-19)20(22-17-7-3-2-4-8-17)23-18-9-5-6-16(21)14-18/h2-14H,1H3,(H,22,23). The highest BCUT2D eigenvalue weighted by atomic mass is 19.1. The maximum absolute atomic E-state index is 13.4. The number of nitrogens with one attached hydrogen (secondary N) is 1. The molecule has 0 amide bonds. The maximum Gasteiger partial charge on any atom is 0.138 e. The van der Waals surface area contributed by atoms with E-state index in [4.69, 9.17) is 4.74 Å². The van der Waals surface area contributed by atoms with Crippen molar-refractivity contribution in [2.45, 2.75) is 0 Å². The van der Waals surface area contributed by atoms with Gasteiger partial charge in [0.05, 0.1) is 12.8 Å². The Morgan fingerprint density at radius 1 is 0.917 bits per heavy atom. The molecule has 0 atom stereocenters. The van der Waals surface area contributed by atoms with Crippen LogP contribution in [0.15, 0.2) is 83.9 Å². The molecule has 3 rings (SSSR count). The van der Waals surface area contributed by atoms with Crippen LogP contribution in [0.4, 0.5) is 15.8 Å². The molecule has 0 bridgehead atoms. The highest BCUT2D eigenvalue weighted by Gasteiger charge is 2.06. The minimum atomic E-state index is -0.297. The summed E-state index contributed by atoms with van der Waals surface area (Å²) in [4.78, 5) is 4.65. The van der Waals surface area contributed by atoms with Crippen molar-refractivity contribution in [2.75, 3.05) is 12.4 Å². The van der Waals surface area contributed by atoms with Gasteiger partial charge in [-0.2, -0.15) is 0 Å². The monoisotopic (exact) mass is 320 g/mol. The molecule has 0 heterocycles. The summed E-state index contributed by atoms with van der Waals surface area (Å²) < 4.78 is 18.6. The second kappa shape index (κ2) is 7.42. The van der Waals surface area contributed by atoms with E-state index in [1.807, 2.05) is 54.6 Å².